The van der Waals surface area contributed by atoms with Crippen LogP contribution in [0.2, 0.25) is 0 Å². The van der Waals surface area contributed by atoms with Crippen LogP contribution in [0.15, 0.2) is 28.7 Å². The number of hydrogen-bond acceptors (Lipinski definition) is 3. The number of likely N-dealkylation sites (N-methyl/N-ethyl adjacent to an activating group) is 1. The van der Waals surface area contributed by atoms with Crippen LogP contribution in [0.4, 0.5) is 0 Å². The summed E-state index contributed by atoms with van der Waals surface area (Å²) in [6, 6.07) is 7.56. The second-order valence-corrected chi connectivity index (χ2v) is 4.48. The van der Waals surface area contributed by atoms with Crippen molar-refractivity contribution in [2.75, 3.05) is 26.2 Å². The Labute approximate surface area is 109 Å². The molecule has 0 saturated heterocycles. The molecule has 1 rings (SSSR count). The van der Waals surface area contributed by atoms with Crippen molar-refractivity contribution in [1.82, 2.24) is 4.90 Å². The third-order valence-corrected chi connectivity index (χ3v) is 2.82. The molecular formula is C12H16BrNO3. The SMILES string of the molecule is CCN(CCOc1ccc(Br)cc1)CC(=O)O. The van der Waals surface area contributed by atoms with Gasteiger partial charge in [0.25, 0.3) is 0 Å². The lowest BCUT2D eigenvalue weighted by Gasteiger charge is -2.17. The minimum absolute atomic E-state index is 0.0558. The van der Waals surface area contributed by atoms with Gasteiger partial charge in [-0.3, -0.25) is 9.69 Å². The normalized spacial score (nSPS) is 10.5. The molecule has 1 aromatic carbocycles. The molecule has 0 atom stereocenters. The fourth-order valence-electron chi connectivity index (χ4n) is 1.36. The van der Waals surface area contributed by atoms with Gasteiger partial charge in [-0.05, 0) is 30.8 Å². The zero-order chi connectivity index (χ0) is 12.7. The molecule has 0 aliphatic heterocycles. The first-order chi connectivity index (χ1) is 8.11. The van der Waals surface area contributed by atoms with E-state index in [2.05, 4.69) is 15.9 Å². The smallest absolute Gasteiger partial charge is 0.317 e. The molecule has 0 unspecified atom stereocenters. The highest BCUT2D eigenvalue weighted by molar-refractivity contribution is 9.10. The van der Waals surface area contributed by atoms with Gasteiger partial charge in [0.2, 0.25) is 0 Å². The number of nitrogens with zero attached hydrogens (tertiary/aromatic N) is 1. The summed E-state index contributed by atoms with van der Waals surface area (Å²) in [4.78, 5) is 12.4. The van der Waals surface area contributed by atoms with Crippen molar-refractivity contribution in [3.63, 3.8) is 0 Å². The predicted molar refractivity (Wildman–Crippen MR) is 69.4 cm³/mol. The van der Waals surface area contributed by atoms with Crippen molar-refractivity contribution >= 4 is 21.9 Å². The number of halogens is 1. The van der Waals surface area contributed by atoms with Crippen LogP contribution in [0.5, 0.6) is 5.75 Å². The molecule has 0 saturated carbocycles. The molecule has 4 nitrogen and oxygen atoms in total. The van der Waals surface area contributed by atoms with Gasteiger partial charge in [-0.25, -0.2) is 0 Å². The summed E-state index contributed by atoms with van der Waals surface area (Å²) in [7, 11) is 0. The van der Waals surface area contributed by atoms with E-state index < -0.39 is 5.97 Å². The molecule has 0 aliphatic rings. The number of carboxylic acid groups (broad SMARTS) is 1. The minimum atomic E-state index is -0.810. The number of hydrogen-bond donors (Lipinski definition) is 1. The first kappa shape index (κ1) is 14.0. The van der Waals surface area contributed by atoms with E-state index in [1.54, 1.807) is 0 Å². The molecule has 5 heteroatoms. The quantitative estimate of drug-likeness (QED) is 0.839. The second-order valence-electron chi connectivity index (χ2n) is 3.56. The van der Waals surface area contributed by atoms with Crippen molar-refractivity contribution in [2.24, 2.45) is 0 Å². The van der Waals surface area contributed by atoms with Crippen LogP contribution in [-0.2, 0) is 4.79 Å². The van der Waals surface area contributed by atoms with Gasteiger partial charge in [0, 0.05) is 11.0 Å². The Hall–Kier alpha value is -1.07. The van der Waals surface area contributed by atoms with Gasteiger partial charge in [-0.15, -0.1) is 0 Å². The van der Waals surface area contributed by atoms with Crippen LogP contribution in [0, 0.1) is 0 Å². The molecule has 0 radical (unpaired) electrons. The number of aliphatic carboxylic acids is 1. The number of benzene rings is 1. The van der Waals surface area contributed by atoms with Gasteiger partial charge in [-0.1, -0.05) is 22.9 Å². The van der Waals surface area contributed by atoms with E-state index in [1.807, 2.05) is 36.1 Å². The molecule has 0 bridgehead atoms. The number of carboxylic acids is 1. The highest BCUT2D eigenvalue weighted by Crippen LogP contribution is 2.15. The molecule has 0 heterocycles. The highest BCUT2D eigenvalue weighted by atomic mass is 79.9. The minimum Gasteiger partial charge on any atom is -0.492 e. The van der Waals surface area contributed by atoms with Crippen LogP contribution < -0.4 is 4.74 Å². The van der Waals surface area contributed by atoms with Crippen LogP contribution in [0.1, 0.15) is 6.92 Å². The van der Waals surface area contributed by atoms with Crippen molar-refractivity contribution in [3.8, 4) is 5.75 Å². The average Bonchev–Trinajstić information content (AvgIpc) is 2.30. The number of ether oxygens (including phenoxy) is 1. The van der Waals surface area contributed by atoms with Crippen LogP contribution in [-0.4, -0.2) is 42.2 Å². The lowest BCUT2D eigenvalue weighted by atomic mass is 10.3. The molecule has 1 aromatic rings. The monoisotopic (exact) mass is 301 g/mol. The first-order valence-electron chi connectivity index (χ1n) is 5.44. The van der Waals surface area contributed by atoms with Crippen molar-refractivity contribution < 1.29 is 14.6 Å². The predicted octanol–water partition coefficient (Wildman–Crippen LogP) is 2.23. The second kappa shape index (κ2) is 7.29. The maximum absolute atomic E-state index is 10.6. The van der Waals surface area contributed by atoms with E-state index in [0.29, 0.717) is 19.7 Å². The fraction of sp³-hybridized carbons (Fsp3) is 0.417. The molecule has 0 amide bonds. The zero-order valence-corrected chi connectivity index (χ0v) is 11.3. The Kier molecular flexibility index (Phi) is 6.00. The van der Waals surface area contributed by atoms with Crippen molar-refractivity contribution in [1.29, 1.82) is 0 Å². The summed E-state index contributed by atoms with van der Waals surface area (Å²) >= 11 is 3.35. The van der Waals surface area contributed by atoms with Crippen LogP contribution in [0.3, 0.4) is 0 Å². The standard InChI is InChI=1S/C12H16BrNO3/c1-2-14(9-12(15)16)7-8-17-11-5-3-10(13)4-6-11/h3-6H,2,7-9H2,1H3,(H,15,16). The third kappa shape index (κ3) is 5.70. The molecule has 1 N–H and O–H groups in total. The van der Waals surface area contributed by atoms with E-state index in [1.165, 1.54) is 0 Å². The fourth-order valence-corrected chi connectivity index (χ4v) is 1.63. The Bertz CT molecular complexity index is 353. The van der Waals surface area contributed by atoms with Gasteiger partial charge in [0.15, 0.2) is 0 Å². The van der Waals surface area contributed by atoms with Gasteiger partial charge < -0.3 is 9.84 Å². The van der Waals surface area contributed by atoms with Gasteiger partial charge in [0.05, 0.1) is 6.54 Å². The topological polar surface area (TPSA) is 49.8 Å². The van der Waals surface area contributed by atoms with Crippen molar-refractivity contribution in [2.45, 2.75) is 6.92 Å². The molecule has 94 valence electrons. The maximum atomic E-state index is 10.6. The summed E-state index contributed by atoms with van der Waals surface area (Å²) in [5.74, 6) is -0.0185. The molecule has 17 heavy (non-hydrogen) atoms. The highest BCUT2D eigenvalue weighted by Gasteiger charge is 2.06. The van der Waals surface area contributed by atoms with E-state index in [-0.39, 0.29) is 6.54 Å². The molecular weight excluding hydrogens is 286 g/mol. The summed E-state index contributed by atoms with van der Waals surface area (Å²) in [6.45, 7) is 3.79. The van der Waals surface area contributed by atoms with E-state index in [0.717, 1.165) is 10.2 Å². The molecule has 0 fully saturated rings. The van der Waals surface area contributed by atoms with E-state index in [9.17, 15) is 4.79 Å². The summed E-state index contributed by atoms with van der Waals surface area (Å²) < 4.78 is 6.52. The largest absolute Gasteiger partial charge is 0.492 e. The summed E-state index contributed by atoms with van der Waals surface area (Å²) in [6.07, 6.45) is 0. The Balaban J connectivity index is 2.30. The van der Waals surface area contributed by atoms with Gasteiger partial charge in [-0.2, -0.15) is 0 Å². The van der Waals surface area contributed by atoms with E-state index >= 15 is 0 Å². The van der Waals surface area contributed by atoms with Crippen LogP contribution >= 0.6 is 15.9 Å². The first-order valence-corrected chi connectivity index (χ1v) is 6.23. The third-order valence-electron chi connectivity index (χ3n) is 2.30. The van der Waals surface area contributed by atoms with Crippen LogP contribution in [0.25, 0.3) is 0 Å². The van der Waals surface area contributed by atoms with Gasteiger partial charge in [0.1, 0.15) is 12.4 Å². The Morgan fingerprint density at radius 2 is 2.06 bits per heavy atom. The molecule has 0 spiro atoms. The average molecular weight is 302 g/mol. The summed E-state index contributed by atoms with van der Waals surface area (Å²) in [5.41, 5.74) is 0. The van der Waals surface area contributed by atoms with Gasteiger partial charge >= 0.3 is 5.97 Å². The molecule has 0 aromatic heterocycles. The van der Waals surface area contributed by atoms with E-state index in [4.69, 9.17) is 9.84 Å². The zero-order valence-electron chi connectivity index (χ0n) is 9.73. The lowest BCUT2D eigenvalue weighted by Crippen LogP contribution is -2.33. The lowest BCUT2D eigenvalue weighted by molar-refractivity contribution is -0.138. The maximum Gasteiger partial charge on any atom is 0.317 e. The number of carbonyl (C=O) groups is 1. The Morgan fingerprint density at radius 3 is 2.59 bits per heavy atom. The van der Waals surface area contributed by atoms with Crippen molar-refractivity contribution in [3.05, 3.63) is 28.7 Å². The Morgan fingerprint density at radius 1 is 1.41 bits per heavy atom. The summed E-state index contributed by atoms with van der Waals surface area (Å²) in [5, 5.41) is 8.67. The molecule has 0 aliphatic carbocycles. The number of rotatable bonds is 7.